The number of thioether (sulfide) groups is 1. The van der Waals surface area contributed by atoms with Crippen LogP contribution in [0, 0.1) is 20.8 Å². The maximum absolute atomic E-state index is 12.2. The molecule has 0 bridgehead atoms. The topological polar surface area (TPSA) is 75.7 Å². The third-order valence-electron chi connectivity index (χ3n) is 4.65. The number of amides is 2. The summed E-state index contributed by atoms with van der Waals surface area (Å²) >= 11 is 1.49. The Bertz CT molecular complexity index is 935. The molecule has 29 heavy (non-hydrogen) atoms. The van der Waals surface area contributed by atoms with Gasteiger partial charge in [0.1, 0.15) is 0 Å². The Kier molecular flexibility index (Phi) is 6.59. The number of rotatable bonds is 6. The van der Waals surface area contributed by atoms with Crippen molar-refractivity contribution in [3.8, 4) is 0 Å². The van der Waals surface area contributed by atoms with Crippen molar-refractivity contribution in [2.45, 2.75) is 32.1 Å². The Morgan fingerprint density at radius 2 is 1.83 bits per heavy atom. The molecule has 152 valence electrons. The fourth-order valence-electron chi connectivity index (χ4n) is 3.37. The van der Waals surface area contributed by atoms with Crippen LogP contribution in [0.1, 0.15) is 23.1 Å². The van der Waals surface area contributed by atoms with Crippen molar-refractivity contribution in [3.63, 3.8) is 0 Å². The first-order valence-electron chi connectivity index (χ1n) is 9.40. The molecule has 0 aromatic heterocycles. The molecule has 6 nitrogen and oxygen atoms in total. The van der Waals surface area contributed by atoms with Crippen LogP contribution in [0.15, 0.2) is 41.3 Å². The van der Waals surface area contributed by atoms with Gasteiger partial charge in [0.15, 0.2) is 6.61 Å². The molecule has 2 aromatic rings. The summed E-state index contributed by atoms with van der Waals surface area (Å²) in [4.78, 5) is 39.1. The van der Waals surface area contributed by atoms with Crippen LogP contribution < -0.4 is 10.2 Å². The van der Waals surface area contributed by atoms with Crippen molar-refractivity contribution in [2.75, 3.05) is 29.1 Å². The minimum absolute atomic E-state index is 0.0284. The summed E-state index contributed by atoms with van der Waals surface area (Å²) in [6.45, 7) is 5.72. The van der Waals surface area contributed by atoms with Gasteiger partial charge in [0, 0.05) is 17.1 Å². The van der Waals surface area contributed by atoms with E-state index in [2.05, 4.69) is 5.32 Å². The fourth-order valence-corrected chi connectivity index (χ4v) is 4.31. The number of hydrogen-bond acceptors (Lipinski definition) is 5. The number of ether oxygens (including phenoxy) is 1. The van der Waals surface area contributed by atoms with Gasteiger partial charge < -0.3 is 15.0 Å². The van der Waals surface area contributed by atoms with Gasteiger partial charge in [-0.15, -0.1) is 11.8 Å². The largest absolute Gasteiger partial charge is 0.456 e. The van der Waals surface area contributed by atoms with E-state index in [9.17, 15) is 14.4 Å². The maximum atomic E-state index is 12.2. The number of aryl methyl sites for hydroxylation is 3. The number of nitrogens with zero attached hydrogens (tertiary/aromatic N) is 1. The zero-order valence-electron chi connectivity index (χ0n) is 16.8. The maximum Gasteiger partial charge on any atom is 0.308 e. The SMILES string of the molecule is Cc1cc(C)c(NC(=O)COC(=O)CCN2C(=O)CSc3ccccc32)c(C)c1. The lowest BCUT2D eigenvalue weighted by molar-refractivity contribution is -0.147. The second kappa shape index (κ2) is 9.13. The molecule has 0 saturated heterocycles. The summed E-state index contributed by atoms with van der Waals surface area (Å²) in [5.41, 5.74) is 4.59. The Balaban J connectivity index is 1.51. The summed E-state index contributed by atoms with van der Waals surface area (Å²) < 4.78 is 5.10. The molecule has 0 unspecified atom stereocenters. The lowest BCUT2D eigenvalue weighted by Crippen LogP contribution is -2.37. The van der Waals surface area contributed by atoms with Crippen molar-refractivity contribution < 1.29 is 19.1 Å². The van der Waals surface area contributed by atoms with E-state index in [0.29, 0.717) is 5.75 Å². The molecule has 0 atom stereocenters. The molecule has 3 rings (SSSR count). The first-order chi connectivity index (χ1) is 13.8. The van der Waals surface area contributed by atoms with E-state index in [4.69, 9.17) is 4.74 Å². The number of anilines is 2. The summed E-state index contributed by atoms with van der Waals surface area (Å²) in [6, 6.07) is 11.6. The molecule has 0 aliphatic carbocycles. The first kappa shape index (κ1) is 20.9. The lowest BCUT2D eigenvalue weighted by Gasteiger charge is -2.28. The highest BCUT2D eigenvalue weighted by Crippen LogP contribution is 2.34. The van der Waals surface area contributed by atoms with Crippen molar-refractivity contribution in [2.24, 2.45) is 0 Å². The van der Waals surface area contributed by atoms with Crippen LogP contribution in [-0.2, 0) is 19.1 Å². The van der Waals surface area contributed by atoms with Gasteiger partial charge in [-0.25, -0.2) is 0 Å². The molecule has 0 fully saturated rings. The second-order valence-corrected chi connectivity index (χ2v) is 8.05. The van der Waals surface area contributed by atoms with Gasteiger partial charge in [0.25, 0.3) is 5.91 Å². The van der Waals surface area contributed by atoms with Gasteiger partial charge in [0.2, 0.25) is 5.91 Å². The minimum atomic E-state index is -0.513. The average Bonchev–Trinajstić information content (AvgIpc) is 2.68. The molecular weight excluding hydrogens is 388 g/mol. The highest BCUT2D eigenvalue weighted by atomic mass is 32.2. The number of benzene rings is 2. The van der Waals surface area contributed by atoms with E-state index in [1.807, 2.05) is 57.2 Å². The van der Waals surface area contributed by atoms with Crippen molar-refractivity contribution in [1.82, 2.24) is 0 Å². The van der Waals surface area contributed by atoms with Gasteiger partial charge in [-0.3, -0.25) is 14.4 Å². The molecule has 1 heterocycles. The normalized spacial score (nSPS) is 13.1. The van der Waals surface area contributed by atoms with E-state index in [1.54, 1.807) is 4.90 Å². The molecule has 7 heteroatoms. The van der Waals surface area contributed by atoms with Crippen LogP contribution in [0.4, 0.5) is 11.4 Å². The van der Waals surface area contributed by atoms with Gasteiger partial charge in [-0.05, 0) is 44.0 Å². The van der Waals surface area contributed by atoms with E-state index in [-0.39, 0.29) is 31.4 Å². The number of esters is 1. The highest BCUT2D eigenvalue weighted by Gasteiger charge is 2.25. The zero-order valence-corrected chi connectivity index (χ0v) is 17.6. The van der Waals surface area contributed by atoms with Crippen LogP contribution in [-0.4, -0.2) is 36.7 Å². The summed E-state index contributed by atoms with van der Waals surface area (Å²) in [5, 5.41) is 2.80. The zero-order chi connectivity index (χ0) is 21.0. The summed E-state index contributed by atoms with van der Waals surface area (Å²) in [5.74, 6) is -0.584. The Morgan fingerprint density at radius 3 is 2.55 bits per heavy atom. The quantitative estimate of drug-likeness (QED) is 0.734. The number of carbonyl (C=O) groups excluding carboxylic acids is 3. The third kappa shape index (κ3) is 5.17. The molecular formula is C22H24N2O4S. The van der Waals surface area contributed by atoms with E-state index in [0.717, 1.165) is 33.0 Å². The van der Waals surface area contributed by atoms with Crippen LogP contribution >= 0.6 is 11.8 Å². The Labute approximate surface area is 174 Å². The number of nitrogens with one attached hydrogen (secondary N) is 1. The van der Waals surface area contributed by atoms with Crippen LogP contribution in [0.25, 0.3) is 0 Å². The highest BCUT2D eigenvalue weighted by molar-refractivity contribution is 8.00. The summed E-state index contributed by atoms with van der Waals surface area (Å²) in [7, 11) is 0. The third-order valence-corrected chi connectivity index (χ3v) is 5.70. The number of fused-ring (bicyclic) bond motifs is 1. The molecule has 0 radical (unpaired) electrons. The van der Waals surface area contributed by atoms with Gasteiger partial charge in [-0.2, -0.15) is 0 Å². The molecule has 2 amide bonds. The number of carbonyl (C=O) groups is 3. The molecule has 0 spiro atoms. The van der Waals surface area contributed by atoms with E-state index >= 15 is 0 Å². The standard InChI is InChI=1S/C22H24N2O4S/c1-14-10-15(2)22(16(3)11-14)23-19(25)12-28-21(27)8-9-24-17-6-4-5-7-18(17)29-13-20(24)26/h4-7,10-11H,8-9,12-13H2,1-3H3,(H,23,25). The molecule has 1 aliphatic heterocycles. The smallest absolute Gasteiger partial charge is 0.308 e. The van der Waals surface area contributed by atoms with Crippen LogP contribution in [0.2, 0.25) is 0 Å². The Morgan fingerprint density at radius 1 is 1.14 bits per heavy atom. The lowest BCUT2D eigenvalue weighted by atomic mass is 10.1. The fraction of sp³-hybridized carbons (Fsp3) is 0.318. The van der Waals surface area contributed by atoms with Crippen molar-refractivity contribution in [3.05, 3.63) is 53.1 Å². The predicted molar refractivity (Wildman–Crippen MR) is 114 cm³/mol. The van der Waals surface area contributed by atoms with Gasteiger partial charge in [-0.1, -0.05) is 29.8 Å². The minimum Gasteiger partial charge on any atom is -0.456 e. The van der Waals surface area contributed by atoms with Gasteiger partial charge >= 0.3 is 5.97 Å². The van der Waals surface area contributed by atoms with Crippen LogP contribution in [0.3, 0.4) is 0 Å². The monoisotopic (exact) mass is 412 g/mol. The van der Waals surface area contributed by atoms with Crippen molar-refractivity contribution in [1.29, 1.82) is 0 Å². The molecule has 2 aromatic carbocycles. The van der Waals surface area contributed by atoms with E-state index < -0.39 is 5.97 Å². The van der Waals surface area contributed by atoms with Gasteiger partial charge in [0.05, 0.1) is 17.9 Å². The Hall–Kier alpha value is -2.80. The average molecular weight is 413 g/mol. The second-order valence-electron chi connectivity index (χ2n) is 7.03. The molecule has 1 aliphatic rings. The molecule has 1 N–H and O–H groups in total. The summed E-state index contributed by atoms with van der Waals surface area (Å²) in [6.07, 6.45) is 0.0284. The number of para-hydroxylation sites is 1. The van der Waals surface area contributed by atoms with Crippen molar-refractivity contribution >= 4 is 40.9 Å². The number of hydrogen-bond donors (Lipinski definition) is 1. The molecule has 0 saturated carbocycles. The van der Waals surface area contributed by atoms with E-state index in [1.165, 1.54) is 11.8 Å². The predicted octanol–water partition coefficient (Wildman–Crippen LogP) is 3.62. The van der Waals surface area contributed by atoms with Crippen LogP contribution in [0.5, 0.6) is 0 Å². The first-order valence-corrected chi connectivity index (χ1v) is 10.4.